The van der Waals surface area contributed by atoms with Crippen LogP contribution in [-0.2, 0) is 19.1 Å². The molecule has 0 heterocycles. The molecule has 4 nitrogen and oxygen atoms in total. The summed E-state index contributed by atoms with van der Waals surface area (Å²) < 4.78 is 10.6. The number of ether oxygens (including phenoxy) is 2. The van der Waals surface area contributed by atoms with Gasteiger partial charge in [0.1, 0.15) is 0 Å². The van der Waals surface area contributed by atoms with Gasteiger partial charge in [0, 0.05) is 11.1 Å². The number of esters is 2. The van der Waals surface area contributed by atoms with Gasteiger partial charge in [-0.05, 0) is 87.9 Å². The van der Waals surface area contributed by atoms with E-state index in [1.165, 1.54) is 25.7 Å². The summed E-state index contributed by atoms with van der Waals surface area (Å²) in [4.78, 5) is 23.1. The predicted octanol–water partition coefficient (Wildman–Crippen LogP) is 4.30. The van der Waals surface area contributed by atoms with Gasteiger partial charge in [-0.3, -0.25) is 0 Å². The molecule has 0 amide bonds. The maximum absolute atomic E-state index is 11.5. The van der Waals surface area contributed by atoms with Crippen LogP contribution in [0.2, 0.25) is 0 Å². The second-order valence-corrected chi connectivity index (χ2v) is 8.64. The van der Waals surface area contributed by atoms with Crippen molar-refractivity contribution in [3.05, 3.63) is 24.3 Å². The summed E-state index contributed by atoms with van der Waals surface area (Å²) in [6, 6.07) is 0. The van der Waals surface area contributed by atoms with E-state index >= 15 is 0 Å². The van der Waals surface area contributed by atoms with E-state index in [1.54, 1.807) is 13.8 Å². The first-order chi connectivity index (χ1) is 12.4. The third-order valence-electron chi connectivity index (χ3n) is 6.93. The van der Waals surface area contributed by atoms with E-state index in [4.69, 9.17) is 9.47 Å². The topological polar surface area (TPSA) is 52.6 Å². The van der Waals surface area contributed by atoms with Gasteiger partial charge in [-0.15, -0.1) is 0 Å². The Hall–Kier alpha value is -1.58. The summed E-state index contributed by atoms with van der Waals surface area (Å²) in [5.74, 6) is 4.14. The molecule has 0 aromatic heterocycles. The van der Waals surface area contributed by atoms with Crippen LogP contribution < -0.4 is 0 Å². The molecule has 0 aliphatic heterocycles. The van der Waals surface area contributed by atoms with Gasteiger partial charge in [-0.25, -0.2) is 9.59 Å². The first-order valence-corrected chi connectivity index (χ1v) is 10.0. The van der Waals surface area contributed by atoms with Crippen molar-refractivity contribution in [2.75, 3.05) is 13.2 Å². The molecule has 144 valence electrons. The molecule has 0 spiro atoms. The molecule has 3 aliphatic rings. The van der Waals surface area contributed by atoms with Gasteiger partial charge >= 0.3 is 11.9 Å². The van der Waals surface area contributed by atoms with Crippen molar-refractivity contribution in [1.29, 1.82) is 0 Å². The third-order valence-corrected chi connectivity index (χ3v) is 6.93. The average Bonchev–Trinajstić information content (AvgIpc) is 3.26. The Balaban J connectivity index is 1.44. The Kier molecular flexibility index (Phi) is 5.89. The van der Waals surface area contributed by atoms with Crippen LogP contribution in [0, 0.1) is 35.5 Å². The Morgan fingerprint density at radius 2 is 1.42 bits per heavy atom. The Bertz CT molecular complexity index is 593. The Morgan fingerprint density at radius 1 is 0.846 bits per heavy atom. The van der Waals surface area contributed by atoms with E-state index < -0.39 is 0 Å². The van der Waals surface area contributed by atoms with Crippen molar-refractivity contribution >= 4 is 11.9 Å². The zero-order valence-electron chi connectivity index (χ0n) is 16.2. The minimum Gasteiger partial charge on any atom is -0.462 e. The molecular formula is C22H32O4. The summed E-state index contributed by atoms with van der Waals surface area (Å²) in [6.45, 7) is 11.7. The van der Waals surface area contributed by atoms with Crippen LogP contribution in [0.4, 0.5) is 0 Å². The number of rotatable bonds is 8. The highest BCUT2D eigenvalue weighted by molar-refractivity contribution is 5.87. The molecule has 0 N–H and O–H groups in total. The van der Waals surface area contributed by atoms with Crippen molar-refractivity contribution in [2.45, 2.75) is 52.4 Å². The highest BCUT2D eigenvalue weighted by Crippen LogP contribution is 2.63. The largest absolute Gasteiger partial charge is 0.462 e. The van der Waals surface area contributed by atoms with Crippen LogP contribution in [0.5, 0.6) is 0 Å². The van der Waals surface area contributed by atoms with Gasteiger partial charge in [0.15, 0.2) is 0 Å². The van der Waals surface area contributed by atoms with Gasteiger partial charge < -0.3 is 9.47 Å². The minimum atomic E-state index is -0.267. The lowest BCUT2D eigenvalue weighted by atomic mass is 9.72. The highest BCUT2D eigenvalue weighted by Gasteiger charge is 2.56. The molecule has 0 saturated heterocycles. The van der Waals surface area contributed by atoms with Gasteiger partial charge in [0.05, 0.1) is 13.2 Å². The first kappa shape index (κ1) is 19.2. The summed E-state index contributed by atoms with van der Waals surface area (Å²) in [5, 5.41) is 0. The van der Waals surface area contributed by atoms with Crippen molar-refractivity contribution in [3.63, 3.8) is 0 Å². The average molecular weight is 360 g/mol. The molecule has 4 heteroatoms. The van der Waals surface area contributed by atoms with Gasteiger partial charge in [-0.1, -0.05) is 13.2 Å². The third kappa shape index (κ3) is 3.89. The lowest BCUT2D eigenvalue weighted by Gasteiger charge is -2.34. The minimum absolute atomic E-state index is 0.267. The number of hydrogen-bond acceptors (Lipinski definition) is 4. The van der Waals surface area contributed by atoms with Crippen LogP contribution in [-0.4, -0.2) is 25.2 Å². The summed E-state index contributed by atoms with van der Waals surface area (Å²) in [5.41, 5.74) is 0.952. The molecule has 3 fully saturated rings. The van der Waals surface area contributed by atoms with E-state index in [1.807, 2.05) is 0 Å². The monoisotopic (exact) mass is 360 g/mol. The molecule has 3 saturated carbocycles. The molecule has 3 aliphatic carbocycles. The SMILES string of the molecule is C=C(C)C(=O)OCCC1CCC2C1[C@@H]1CC(CCOC(=O)C(=C)C)[C@H]2C1. The molecule has 26 heavy (non-hydrogen) atoms. The van der Waals surface area contributed by atoms with Crippen molar-refractivity contribution in [1.82, 2.24) is 0 Å². The van der Waals surface area contributed by atoms with Gasteiger partial charge in [-0.2, -0.15) is 0 Å². The number of carbonyl (C=O) groups excluding carboxylic acids is 2. The standard InChI is InChI=1S/C22H32O4/c1-13(2)21(23)25-9-7-15-5-6-18-19-12-17(20(15)18)11-16(19)8-10-26-22(24)14(3)4/h15-20H,1,3,5-12H2,2,4H3/t15?,16?,17-,18?,19-,20?/m1/s1. The van der Waals surface area contributed by atoms with E-state index in [2.05, 4.69) is 13.2 Å². The Morgan fingerprint density at radius 3 is 2.00 bits per heavy atom. The maximum Gasteiger partial charge on any atom is 0.333 e. The molecule has 2 bridgehead atoms. The van der Waals surface area contributed by atoms with E-state index in [9.17, 15) is 9.59 Å². The zero-order valence-corrected chi connectivity index (χ0v) is 16.2. The van der Waals surface area contributed by atoms with Gasteiger partial charge in [0.25, 0.3) is 0 Å². The van der Waals surface area contributed by atoms with E-state index in [0.29, 0.717) is 36.2 Å². The fourth-order valence-corrected chi connectivity index (χ4v) is 5.94. The smallest absolute Gasteiger partial charge is 0.333 e. The second-order valence-electron chi connectivity index (χ2n) is 8.64. The molecule has 0 radical (unpaired) electrons. The quantitative estimate of drug-likeness (QED) is 0.478. The van der Waals surface area contributed by atoms with Crippen LogP contribution in [0.3, 0.4) is 0 Å². The van der Waals surface area contributed by atoms with E-state index in [-0.39, 0.29) is 11.9 Å². The Labute approximate surface area is 157 Å². The summed E-state index contributed by atoms with van der Waals surface area (Å²) in [7, 11) is 0. The fraction of sp³-hybridized carbons (Fsp3) is 0.727. The molecule has 0 aromatic rings. The highest BCUT2D eigenvalue weighted by atomic mass is 16.5. The zero-order chi connectivity index (χ0) is 18.8. The van der Waals surface area contributed by atoms with Crippen molar-refractivity contribution < 1.29 is 19.1 Å². The number of carbonyl (C=O) groups is 2. The van der Waals surface area contributed by atoms with Crippen molar-refractivity contribution in [3.8, 4) is 0 Å². The summed E-state index contributed by atoms with van der Waals surface area (Å²) in [6.07, 6.45) is 7.18. The number of hydrogen-bond donors (Lipinski definition) is 0. The molecule has 4 unspecified atom stereocenters. The maximum atomic E-state index is 11.5. The van der Waals surface area contributed by atoms with Crippen LogP contribution in [0.25, 0.3) is 0 Å². The van der Waals surface area contributed by atoms with Crippen LogP contribution in [0.15, 0.2) is 24.3 Å². The second kappa shape index (κ2) is 7.98. The van der Waals surface area contributed by atoms with Crippen LogP contribution in [0.1, 0.15) is 52.4 Å². The van der Waals surface area contributed by atoms with Gasteiger partial charge in [0.2, 0.25) is 0 Å². The molecule has 0 aromatic carbocycles. The lowest BCUT2D eigenvalue weighted by molar-refractivity contribution is -0.140. The van der Waals surface area contributed by atoms with Crippen LogP contribution >= 0.6 is 0 Å². The molecule has 3 rings (SSSR count). The van der Waals surface area contributed by atoms with E-state index in [0.717, 1.165) is 36.5 Å². The molecular weight excluding hydrogens is 328 g/mol. The number of fused-ring (bicyclic) bond motifs is 5. The summed E-state index contributed by atoms with van der Waals surface area (Å²) >= 11 is 0. The normalized spacial score (nSPS) is 34.4. The predicted molar refractivity (Wildman–Crippen MR) is 100 cm³/mol. The lowest BCUT2D eigenvalue weighted by Crippen LogP contribution is -2.29. The molecule has 6 atom stereocenters. The van der Waals surface area contributed by atoms with Crippen molar-refractivity contribution in [2.24, 2.45) is 35.5 Å². The first-order valence-electron chi connectivity index (χ1n) is 10.0. The fourth-order valence-electron chi connectivity index (χ4n) is 5.94.